The average Bonchev–Trinajstić information content (AvgIpc) is 3.00. The Kier molecular flexibility index (Phi) is 2.34. The number of nitrogens with one attached hydrogen (secondary N) is 2. The van der Waals surface area contributed by atoms with Gasteiger partial charge in [0.2, 0.25) is 5.56 Å². The maximum absolute atomic E-state index is 11.2. The van der Waals surface area contributed by atoms with Gasteiger partial charge in [-0.25, -0.2) is 4.98 Å². The van der Waals surface area contributed by atoms with Crippen LogP contribution in [0.1, 0.15) is 0 Å². The van der Waals surface area contributed by atoms with Crippen molar-refractivity contribution in [3.63, 3.8) is 0 Å². The lowest BCUT2D eigenvalue weighted by molar-refractivity contribution is 1.09. The summed E-state index contributed by atoms with van der Waals surface area (Å²) in [5.74, 6) is 1.20. The molecular formula is C11H8N4OS. The lowest BCUT2D eigenvalue weighted by atomic mass is 10.3. The van der Waals surface area contributed by atoms with Crippen LogP contribution in [0.3, 0.4) is 0 Å². The predicted molar refractivity (Wildman–Crippen MR) is 65.8 cm³/mol. The summed E-state index contributed by atoms with van der Waals surface area (Å²) in [6.07, 6.45) is 0. The van der Waals surface area contributed by atoms with E-state index < -0.39 is 0 Å². The molecule has 0 aliphatic carbocycles. The van der Waals surface area contributed by atoms with E-state index in [9.17, 15) is 4.79 Å². The van der Waals surface area contributed by atoms with Gasteiger partial charge in [-0.15, -0.1) is 11.3 Å². The van der Waals surface area contributed by atoms with Gasteiger partial charge in [0.25, 0.3) is 0 Å². The molecule has 84 valence electrons. The molecule has 0 bridgehead atoms. The van der Waals surface area contributed by atoms with Crippen LogP contribution in [0.4, 0.5) is 0 Å². The highest BCUT2D eigenvalue weighted by atomic mass is 32.1. The molecule has 0 unspecified atom stereocenters. The second-order valence-corrected chi connectivity index (χ2v) is 4.36. The largest absolute Gasteiger partial charge is 0.319 e. The van der Waals surface area contributed by atoms with Gasteiger partial charge in [0.05, 0.1) is 10.6 Å². The van der Waals surface area contributed by atoms with Gasteiger partial charge in [0, 0.05) is 6.07 Å². The molecule has 2 N–H and O–H groups in total. The Morgan fingerprint density at radius 1 is 1.18 bits per heavy atom. The fourth-order valence-electron chi connectivity index (χ4n) is 1.48. The van der Waals surface area contributed by atoms with E-state index in [1.165, 1.54) is 6.07 Å². The molecule has 17 heavy (non-hydrogen) atoms. The Morgan fingerprint density at radius 3 is 2.88 bits per heavy atom. The van der Waals surface area contributed by atoms with Crippen LogP contribution in [0.2, 0.25) is 0 Å². The summed E-state index contributed by atoms with van der Waals surface area (Å²) < 4.78 is 0. The van der Waals surface area contributed by atoms with Gasteiger partial charge in [-0.3, -0.25) is 9.89 Å². The highest BCUT2D eigenvalue weighted by Gasteiger charge is 2.08. The Bertz CT molecular complexity index is 683. The molecule has 6 heteroatoms. The van der Waals surface area contributed by atoms with Crippen LogP contribution in [-0.4, -0.2) is 20.2 Å². The Morgan fingerprint density at radius 2 is 2.12 bits per heavy atom. The van der Waals surface area contributed by atoms with Crippen molar-refractivity contribution >= 4 is 11.3 Å². The summed E-state index contributed by atoms with van der Waals surface area (Å²) in [7, 11) is 0. The molecule has 3 aromatic rings. The van der Waals surface area contributed by atoms with Crippen LogP contribution in [-0.2, 0) is 0 Å². The zero-order valence-corrected chi connectivity index (χ0v) is 9.49. The number of H-pyrrole nitrogens is 2. The maximum atomic E-state index is 11.2. The maximum Gasteiger partial charge on any atom is 0.248 e. The first-order valence-electron chi connectivity index (χ1n) is 4.99. The van der Waals surface area contributed by atoms with Crippen molar-refractivity contribution in [2.45, 2.75) is 0 Å². The predicted octanol–water partition coefficient (Wildman–Crippen LogP) is 1.89. The minimum Gasteiger partial charge on any atom is -0.319 e. The van der Waals surface area contributed by atoms with Crippen molar-refractivity contribution in [3.05, 3.63) is 46.1 Å². The highest BCUT2D eigenvalue weighted by Crippen LogP contribution is 2.22. The topological polar surface area (TPSA) is 74.4 Å². The molecule has 0 radical (unpaired) electrons. The molecule has 3 aromatic heterocycles. The third-order valence-corrected chi connectivity index (χ3v) is 3.13. The fourth-order valence-corrected chi connectivity index (χ4v) is 2.15. The zero-order valence-electron chi connectivity index (χ0n) is 8.68. The number of nitrogens with zero attached hydrogens (tertiary/aromatic N) is 2. The molecule has 0 saturated heterocycles. The fraction of sp³-hybridized carbons (Fsp3) is 0. The summed E-state index contributed by atoms with van der Waals surface area (Å²) in [5, 5.41) is 8.91. The molecule has 0 atom stereocenters. The van der Waals surface area contributed by atoms with E-state index in [0.29, 0.717) is 17.3 Å². The number of aromatic nitrogens is 4. The summed E-state index contributed by atoms with van der Waals surface area (Å²) in [6, 6.07) is 8.81. The van der Waals surface area contributed by atoms with E-state index in [2.05, 4.69) is 20.2 Å². The first-order valence-corrected chi connectivity index (χ1v) is 5.87. The van der Waals surface area contributed by atoms with Gasteiger partial charge >= 0.3 is 0 Å². The van der Waals surface area contributed by atoms with Crippen molar-refractivity contribution in [2.75, 3.05) is 0 Å². The van der Waals surface area contributed by atoms with E-state index in [4.69, 9.17) is 0 Å². The van der Waals surface area contributed by atoms with Crippen LogP contribution in [0.25, 0.3) is 22.2 Å². The standard InChI is InChI=1S/C11H8N4OS/c16-9-5-1-3-7(12-9)10-13-11(15-14-10)8-4-2-6-17-8/h1-6H,(H,12,16)(H,13,14,15). The van der Waals surface area contributed by atoms with E-state index in [1.807, 2.05) is 17.5 Å². The molecule has 0 saturated carbocycles. The molecular weight excluding hydrogens is 236 g/mol. The van der Waals surface area contributed by atoms with Gasteiger partial charge in [0.1, 0.15) is 0 Å². The van der Waals surface area contributed by atoms with Gasteiger partial charge in [-0.05, 0) is 17.5 Å². The van der Waals surface area contributed by atoms with Crippen LogP contribution in [0, 0.1) is 0 Å². The van der Waals surface area contributed by atoms with E-state index in [1.54, 1.807) is 23.5 Å². The molecule has 3 heterocycles. The van der Waals surface area contributed by atoms with Crippen LogP contribution < -0.4 is 5.56 Å². The molecule has 0 aliphatic rings. The molecule has 0 aliphatic heterocycles. The monoisotopic (exact) mass is 244 g/mol. The lowest BCUT2D eigenvalue weighted by Gasteiger charge is -1.92. The molecule has 3 rings (SSSR count). The van der Waals surface area contributed by atoms with Gasteiger partial charge in [0.15, 0.2) is 11.6 Å². The smallest absolute Gasteiger partial charge is 0.248 e. The molecule has 0 aromatic carbocycles. The molecule has 0 amide bonds. The van der Waals surface area contributed by atoms with Gasteiger partial charge in [-0.1, -0.05) is 12.1 Å². The lowest BCUT2D eigenvalue weighted by Crippen LogP contribution is -2.03. The van der Waals surface area contributed by atoms with E-state index in [0.717, 1.165) is 4.88 Å². The number of rotatable bonds is 2. The summed E-state index contributed by atoms with van der Waals surface area (Å²) in [6.45, 7) is 0. The van der Waals surface area contributed by atoms with Crippen LogP contribution in [0.15, 0.2) is 40.5 Å². The van der Waals surface area contributed by atoms with E-state index >= 15 is 0 Å². The number of hydrogen-bond donors (Lipinski definition) is 2. The number of pyridine rings is 1. The third-order valence-electron chi connectivity index (χ3n) is 2.25. The summed E-state index contributed by atoms with van der Waals surface area (Å²) in [4.78, 5) is 19.2. The minimum absolute atomic E-state index is 0.162. The van der Waals surface area contributed by atoms with Crippen molar-refractivity contribution < 1.29 is 0 Å². The Hall–Kier alpha value is -2.21. The minimum atomic E-state index is -0.162. The highest BCUT2D eigenvalue weighted by molar-refractivity contribution is 7.13. The molecule has 0 fully saturated rings. The number of thiophene rings is 1. The van der Waals surface area contributed by atoms with Gasteiger partial charge in [-0.2, -0.15) is 5.10 Å². The van der Waals surface area contributed by atoms with Crippen LogP contribution in [0.5, 0.6) is 0 Å². The normalized spacial score (nSPS) is 10.6. The second kappa shape index (κ2) is 3.99. The van der Waals surface area contributed by atoms with Crippen molar-refractivity contribution in [1.82, 2.24) is 20.2 Å². The van der Waals surface area contributed by atoms with Crippen molar-refractivity contribution in [2.24, 2.45) is 0 Å². The summed E-state index contributed by atoms with van der Waals surface area (Å²) in [5.41, 5.74) is 0.446. The van der Waals surface area contributed by atoms with Gasteiger partial charge < -0.3 is 4.98 Å². The van der Waals surface area contributed by atoms with Crippen molar-refractivity contribution in [3.8, 4) is 22.2 Å². The molecule has 0 spiro atoms. The average molecular weight is 244 g/mol. The Labute approximate surface area is 100 Å². The second-order valence-electron chi connectivity index (χ2n) is 3.41. The quantitative estimate of drug-likeness (QED) is 0.722. The van der Waals surface area contributed by atoms with Crippen LogP contribution >= 0.6 is 11.3 Å². The van der Waals surface area contributed by atoms with Crippen molar-refractivity contribution in [1.29, 1.82) is 0 Å². The third kappa shape index (κ3) is 1.90. The SMILES string of the molecule is O=c1cccc(-c2n[nH]c(-c3cccs3)n2)[nH]1. The van der Waals surface area contributed by atoms with E-state index in [-0.39, 0.29) is 5.56 Å². The zero-order chi connectivity index (χ0) is 11.7. The molecule has 5 nitrogen and oxygen atoms in total. The summed E-state index contributed by atoms with van der Waals surface area (Å²) >= 11 is 1.58. The first-order chi connectivity index (χ1) is 8.33. The Balaban J connectivity index is 2.03. The number of hydrogen-bond acceptors (Lipinski definition) is 4. The number of aromatic amines is 2. The first kappa shape index (κ1) is 9.98.